The first-order chi connectivity index (χ1) is 6.38. The molecule has 1 rings (SSSR count). The number of hydrogen-bond acceptors (Lipinski definition) is 3. The summed E-state index contributed by atoms with van der Waals surface area (Å²) in [5.41, 5.74) is 0. The third-order valence-electron chi connectivity index (χ3n) is 1.50. The van der Waals surface area contributed by atoms with Crippen LogP contribution in [0.25, 0.3) is 0 Å². The quantitative estimate of drug-likeness (QED) is 0.331. The highest BCUT2D eigenvalue weighted by Crippen LogP contribution is 2.19. The Bertz CT molecular complexity index is 252. The summed E-state index contributed by atoms with van der Waals surface area (Å²) >= 11 is 0.999. The Morgan fingerprint density at radius 2 is 2.15 bits per heavy atom. The fourth-order valence-electron chi connectivity index (χ4n) is 0.916. The maximum Gasteiger partial charge on any atom is 0.213 e. The molecule has 0 amide bonds. The smallest absolute Gasteiger partial charge is 0.213 e. The van der Waals surface area contributed by atoms with E-state index in [9.17, 15) is 0 Å². The second kappa shape index (κ2) is 5.85. The molecule has 0 aliphatic carbocycles. The van der Waals surface area contributed by atoms with Gasteiger partial charge in [0.1, 0.15) is 6.79 Å². The molecule has 13 heavy (non-hydrogen) atoms. The van der Waals surface area contributed by atoms with Gasteiger partial charge < -0.3 is 14.6 Å². The predicted molar refractivity (Wildman–Crippen MR) is 53.1 cm³/mol. The summed E-state index contributed by atoms with van der Waals surface area (Å²) in [7, 11) is 1.64. The van der Waals surface area contributed by atoms with Crippen LogP contribution in [0.3, 0.4) is 0 Å². The Hall–Kier alpha value is -0.710. The highest BCUT2D eigenvalue weighted by Gasteiger charge is 2.08. The molecule has 0 aliphatic heterocycles. The lowest BCUT2D eigenvalue weighted by molar-refractivity contribution is 0.0237. The maximum atomic E-state index is 8.41. The fraction of sp³-hybridized carbons (Fsp3) is 0.333. The fourth-order valence-corrected chi connectivity index (χ4v) is 1.74. The number of benzene rings is 1. The lowest BCUT2D eigenvalue weighted by atomic mass is 10.3. The lowest BCUT2D eigenvalue weighted by Gasteiger charge is -2.00. The molecule has 0 unspecified atom stereocenters. The number of para-hydroxylation sites is 1. The van der Waals surface area contributed by atoms with E-state index >= 15 is 0 Å². The average Bonchev–Trinajstić information content (AvgIpc) is 2.19. The molecule has 0 fully saturated rings. The molecule has 0 bridgehead atoms. The van der Waals surface area contributed by atoms with E-state index in [-0.39, 0.29) is 6.79 Å². The van der Waals surface area contributed by atoms with Gasteiger partial charge in [0.15, 0.2) is 10.6 Å². The van der Waals surface area contributed by atoms with E-state index in [0.29, 0.717) is 5.94 Å². The summed E-state index contributed by atoms with van der Waals surface area (Å²) in [5.74, 6) is 1.34. The van der Waals surface area contributed by atoms with Crippen molar-refractivity contribution in [3.8, 4) is 5.75 Å². The zero-order chi connectivity index (χ0) is 9.52. The average molecular weight is 201 g/mol. The van der Waals surface area contributed by atoms with Crippen molar-refractivity contribution >= 4 is 11.8 Å². The van der Waals surface area contributed by atoms with Crippen molar-refractivity contribution in [1.29, 1.82) is 0 Å². The second-order valence-electron chi connectivity index (χ2n) is 2.29. The largest absolute Gasteiger partial charge is 0.492 e. The first kappa shape index (κ1) is 10.4. The first-order valence-corrected chi connectivity index (χ1v) is 4.95. The van der Waals surface area contributed by atoms with Crippen LogP contribution in [0.2, 0.25) is 0 Å². The summed E-state index contributed by atoms with van der Waals surface area (Å²) in [6.45, 7) is -0.234. The van der Waals surface area contributed by atoms with Gasteiger partial charge in [0.2, 0.25) is 5.94 Å². The second-order valence-corrected chi connectivity index (χ2v) is 3.35. The van der Waals surface area contributed by atoms with Gasteiger partial charge in [-0.2, -0.15) is 0 Å². The Labute approximate surface area is 81.7 Å². The zero-order valence-electron chi connectivity index (χ0n) is 7.43. The Kier molecular flexibility index (Phi) is 4.67. The van der Waals surface area contributed by atoms with E-state index < -0.39 is 0 Å². The first-order valence-electron chi connectivity index (χ1n) is 3.87. The topological polar surface area (TPSA) is 38.7 Å². The third-order valence-corrected chi connectivity index (χ3v) is 2.52. The van der Waals surface area contributed by atoms with Crippen molar-refractivity contribution in [3.63, 3.8) is 0 Å². The zero-order valence-corrected chi connectivity index (χ0v) is 8.33. The molecule has 1 aromatic carbocycles. The SMILES string of the molecule is COc1ccccc1[SH+]COCO. The summed E-state index contributed by atoms with van der Waals surface area (Å²) in [4.78, 5) is 1.07. The maximum absolute atomic E-state index is 8.41. The predicted octanol–water partition coefficient (Wildman–Crippen LogP) is 0.793. The van der Waals surface area contributed by atoms with Crippen LogP contribution >= 0.6 is 0 Å². The van der Waals surface area contributed by atoms with Gasteiger partial charge in [-0.05, 0) is 12.1 Å². The van der Waals surface area contributed by atoms with Gasteiger partial charge in [-0.3, -0.25) is 0 Å². The molecule has 0 saturated heterocycles. The number of rotatable bonds is 5. The van der Waals surface area contributed by atoms with Crippen molar-refractivity contribution in [3.05, 3.63) is 24.3 Å². The molecule has 1 N–H and O–H groups in total. The Balaban J connectivity index is 2.54. The third kappa shape index (κ3) is 3.26. The molecule has 0 atom stereocenters. The standard InChI is InChI=1S/C9H12O3S/c1-11-8-4-2-3-5-9(8)13-7-12-6-10/h2-5,10H,6-7H2,1H3/p+1. The molecule has 4 heteroatoms. The van der Waals surface area contributed by atoms with E-state index in [2.05, 4.69) is 0 Å². The molecule has 0 radical (unpaired) electrons. The lowest BCUT2D eigenvalue weighted by Crippen LogP contribution is -1.99. The minimum Gasteiger partial charge on any atom is -0.492 e. The molecule has 72 valence electrons. The van der Waals surface area contributed by atoms with Crippen molar-refractivity contribution in [1.82, 2.24) is 0 Å². The van der Waals surface area contributed by atoms with Crippen LogP contribution in [0.15, 0.2) is 29.2 Å². The molecule has 0 aromatic heterocycles. The number of hydrogen-bond donors (Lipinski definition) is 1. The molecule has 0 spiro atoms. The van der Waals surface area contributed by atoms with E-state index in [0.717, 1.165) is 22.4 Å². The number of aliphatic hydroxyl groups is 1. The highest BCUT2D eigenvalue weighted by atomic mass is 32.2. The van der Waals surface area contributed by atoms with Gasteiger partial charge in [-0.1, -0.05) is 12.1 Å². The van der Waals surface area contributed by atoms with Crippen LogP contribution in [0.1, 0.15) is 0 Å². The van der Waals surface area contributed by atoms with Gasteiger partial charge in [0.25, 0.3) is 0 Å². The molecular weight excluding hydrogens is 188 g/mol. The minimum atomic E-state index is -0.234. The molecule has 1 aromatic rings. The van der Waals surface area contributed by atoms with E-state index in [1.54, 1.807) is 7.11 Å². The monoisotopic (exact) mass is 201 g/mol. The summed E-state index contributed by atoms with van der Waals surface area (Å²) in [5, 5.41) is 8.41. The van der Waals surface area contributed by atoms with E-state index in [4.69, 9.17) is 14.6 Å². The summed E-state index contributed by atoms with van der Waals surface area (Å²) < 4.78 is 9.98. The number of thiol groups is 1. The van der Waals surface area contributed by atoms with Crippen LogP contribution in [0.5, 0.6) is 5.75 Å². The minimum absolute atomic E-state index is 0.234. The van der Waals surface area contributed by atoms with Gasteiger partial charge in [0.05, 0.1) is 7.11 Å². The van der Waals surface area contributed by atoms with Crippen LogP contribution < -0.4 is 4.74 Å². The van der Waals surface area contributed by atoms with Crippen LogP contribution in [0, 0.1) is 0 Å². The highest BCUT2D eigenvalue weighted by molar-refractivity contribution is 7.78. The molecule has 0 aliphatic rings. The Morgan fingerprint density at radius 1 is 1.38 bits per heavy atom. The van der Waals surface area contributed by atoms with Crippen molar-refractivity contribution in [2.24, 2.45) is 0 Å². The van der Waals surface area contributed by atoms with Crippen molar-refractivity contribution < 1.29 is 14.6 Å². The molecule has 0 heterocycles. The number of ether oxygens (including phenoxy) is 2. The normalized spacial score (nSPS) is 10.0. The van der Waals surface area contributed by atoms with Crippen molar-refractivity contribution in [2.45, 2.75) is 4.90 Å². The van der Waals surface area contributed by atoms with Gasteiger partial charge in [0, 0.05) is 11.8 Å². The summed E-state index contributed by atoms with van der Waals surface area (Å²) in [6.07, 6.45) is 0. The van der Waals surface area contributed by atoms with Gasteiger partial charge in [-0.25, -0.2) is 0 Å². The summed E-state index contributed by atoms with van der Waals surface area (Å²) in [6, 6.07) is 7.75. The van der Waals surface area contributed by atoms with Crippen molar-refractivity contribution in [2.75, 3.05) is 19.8 Å². The van der Waals surface area contributed by atoms with Crippen LogP contribution in [-0.4, -0.2) is 24.9 Å². The molecule has 3 nitrogen and oxygen atoms in total. The molecular formula is C9H13O3S+. The molecule has 0 saturated carbocycles. The van der Waals surface area contributed by atoms with E-state index in [1.165, 1.54) is 0 Å². The number of methoxy groups -OCH3 is 1. The van der Waals surface area contributed by atoms with Gasteiger partial charge >= 0.3 is 0 Å². The Morgan fingerprint density at radius 3 is 2.85 bits per heavy atom. The van der Waals surface area contributed by atoms with E-state index in [1.807, 2.05) is 24.3 Å². The number of aliphatic hydroxyl groups excluding tert-OH is 1. The van der Waals surface area contributed by atoms with Crippen LogP contribution in [0.4, 0.5) is 0 Å². The van der Waals surface area contributed by atoms with Gasteiger partial charge in [-0.15, -0.1) is 0 Å². The van der Waals surface area contributed by atoms with Crippen LogP contribution in [-0.2, 0) is 16.5 Å².